The highest BCUT2D eigenvalue weighted by atomic mass is 16.6. The first-order valence-corrected chi connectivity index (χ1v) is 14.6. The van der Waals surface area contributed by atoms with Crippen molar-refractivity contribution >= 4 is 23.9 Å². The van der Waals surface area contributed by atoms with Crippen LogP contribution in [0.3, 0.4) is 0 Å². The van der Waals surface area contributed by atoms with Crippen molar-refractivity contribution in [2.45, 2.75) is 45.8 Å². The lowest BCUT2D eigenvalue weighted by molar-refractivity contribution is -0.145. The standard InChI is InChI=1S/C31H52N4O9/c1-9-26(2)43-30(38)12-17-34(6)21-19-32(4)15-10-28(36)41-23-14-27(3)44-31(39)13-18-35(7)22-20-33(5)16-11-29(37)42-25-24-40-8/h10-13,15-18,26-27H,9,14,19-25H2,1-8H3/b15-10+,16-11+,17-12+,18-13+. The van der Waals surface area contributed by atoms with Crippen molar-refractivity contribution in [1.29, 1.82) is 0 Å². The molecule has 0 fully saturated rings. The SMILES string of the molecule is CCC(C)OC(=O)/C=C/N(C)CCN(C)/C=C/C(=O)OCCC(C)OC(=O)/C=C/N(C)CCN(C)/C=C/C(=O)OCCOC. The normalized spacial score (nSPS) is 12.8. The Kier molecular flexibility index (Phi) is 22.2. The van der Waals surface area contributed by atoms with Crippen molar-refractivity contribution in [1.82, 2.24) is 19.6 Å². The number of carbonyl (C=O) groups is 4. The van der Waals surface area contributed by atoms with Gasteiger partial charge in [-0.15, -0.1) is 0 Å². The molecule has 13 heteroatoms. The van der Waals surface area contributed by atoms with Gasteiger partial charge in [-0.2, -0.15) is 0 Å². The van der Waals surface area contributed by atoms with Crippen LogP contribution >= 0.6 is 0 Å². The van der Waals surface area contributed by atoms with E-state index in [2.05, 4.69) is 0 Å². The second kappa shape index (κ2) is 24.4. The van der Waals surface area contributed by atoms with Crippen LogP contribution in [0.15, 0.2) is 49.1 Å². The monoisotopic (exact) mass is 624 g/mol. The van der Waals surface area contributed by atoms with Gasteiger partial charge in [0.1, 0.15) is 12.7 Å². The van der Waals surface area contributed by atoms with Gasteiger partial charge in [0.15, 0.2) is 0 Å². The van der Waals surface area contributed by atoms with Gasteiger partial charge in [0.2, 0.25) is 0 Å². The van der Waals surface area contributed by atoms with Crippen LogP contribution in [0.5, 0.6) is 0 Å². The van der Waals surface area contributed by atoms with Crippen LogP contribution in [0.4, 0.5) is 0 Å². The number of ether oxygens (including phenoxy) is 5. The fourth-order valence-electron chi connectivity index (χ4n) is 2.95. The van der Waals surface area contributed by atoms with Crippen LogP contribution in [0, 0.1) is 0 Å². The van der Waals surface area contributed by atoms with E-state index in [1.165, 1.54) is 31.4 Å². The number of hydrogen-bond donors (Lipinski definition) is 0. The average molecular weight is 625 g/mol. The highest BCUT2D eigenvalue weighted by Gasteiger charge is 2.09. The molecule has 0 rings (SSSR count). The lowest BCUT2D eigenvalue weighted by Crippen LogP contribution is -2.25. The number of rotatable bonds is 23. The number of hydrogen-bond acceptors (Lipinski definition) is 13. The van der Waals surface area contributed by atoms with E-state index in [1.807, 2.05) is 61.6 Å². The molecule has 0 aromatic rings. The Morgan fingerprint density at radius 3 is 1.32 bits per heavy atom. The summed E-state index contributed by atoms with van der Waals surface area (Å²) in [7, 11) is 8.84. The number of likely N-dealkylation sites (N-methyl/N-ethyl adjacent to an activating group) is 4. The van der Waals surface area contributed by atoms with Gasteiger partial charge in [-0.25, -0.2) is 19.2 Å². The first-order valence-electron chi connectivity index (χ1n) is 14.6. The Balaban J connectivity index is 4.20. The van der Waals surface area contributed by atoms with Gasteiger partial charge in [0, 0.05) is 117 Å². The van der Waals surface area contributed by atoms with Gasteiger partial charge in [-0.1, -0.05) is 6.92 Å². The van der Waals surface area contributed by atoms with Crippen LogP contribution in [0.25, 0.3) is 0 Å². The molecule has 250 valence electrons. The third kappa shape index (κ3) is 23.6. The van der Waals surface area contributed by atoms with Crippen molar-refractivity contribution in [3.63, 3.8) is 0 Å². The lowest BCUT2D eigenvalue weighted by Gasteiger charge is -2.19. The molecule has 0 aliphatic heterocycles. The highest BCUT2D eigenvalue weighted by molar-refractivity contribution is 5.83. The van der Waals surface area contributed by atoms with Crippen LogP contribution in [0.2, 0.25) is 0 Å². The molecule has 0 heterocycles. The number of methoxy groups -OCH3 is 1. The van der Waals surface area contributed by atoms with E-state index in [1.54, 1.807) is 31.7 Å². The summed E-state index contributed by atoms with van der Waals surface area (Å²) in [6.07, 6.45) is 12.5. The summed E-state index contributed by atoms with van der Waals surface area (Å²) in [5, 5.41) is 0. The smallest absolute Gasteiger partial charge is 0.332 e. The van der Waals surface area contributed by atoms with Crippen LogP contribution in [-0.4, -0.2) is 137 Å². The van der Waals surface area contributed by atoms with Gasteiger partial charge < -0.3 is 43.3 Å². The molecule has 0 aromatic carbocycles. The Bertz CT molecular complexity index is 968. The van der Waals surface area contributed by atoms with Crippen molar-refractivity contribution < 1.29 is 42.9 Å². The maximum Gasteiger partial charge on any atom is 0.332 e. The molecule has 0 aliphatic carbocycles. The van der Waals surface area contributed by atoms with Crippen molar-refractivity contribution in [3.05, 3.63) is 49.1 Å². The molecule has 44 heavy (non-hydrogen) atoms. The van der Waals surface area contributed by atoms with Gasteiger partial charge in [-0.3, -0.25) is 0 Å². The Hall–Kier alpha value is -4.00. The molecular formula is C31H52N4O9. The van der Waals surface area contributed by atoms with Gasteiger partial charge in [0.05, 0.1) is 19.3 Å². The Morgan fingerprint density at radius 1 is 0.568 bits per heavy atom. The molecule has 0 radical (unpaired) electrons. The molecule has 0 saturated heterocycles. The lowest BCUT2D eigenvalue weighted by atomic mass is 10.3. The molecular weight excluding hydrogens is 572 g/mol. The topological polar surface area (TPSA) is 127 Å². The average Bonchev–Trinajstić information content (AvgIpc) is 2.98. The second-order valence-electron chi connectivity index (χ2n) is 10.2. The zero-order valence-corrected chi connectivity index (χ0v) is 27.6. The van der Waals surface area contributed by atoms with Crippen molar-refractivity contribution in [2.24, 2.45) is 0 Å². The summed E-state index contributed by atoms with van der Waals surface area (Å²) in [6, 6.07) is 0. The highest BCUT2D eigenvalue weighted by Crippen LogP contribution is 2.01. The number of carbonyl (C=O) groups excluding carboxylic acids is 4. The fraction of sp³-hybridized carbons (Fsp3) is 0.613. The minimum absolute atomic E-state index is 0.102. The molecule has 0 saturated carbocycles. The zero-order valence-electron chi connectivity index (χ0n) is 27.6. The summed E-state index contributed by atoms with van der Waals surface area (Å²) in [6.45, 7) is 8.60. The maximum absolute atomic E-state index is 12.1. The minimum Gasteiger partial charge on any atom is -0.462 e. The van der Waals surface area contributed by atoms with E-state index in [9.17, 15) is 19.2 Å². The Labute approximate surface area is 262 Å². The molecule has 0 bridgehead atoms. The summed E-state index contributed by atoms with van der Waals surface area (Å²) in [4.78, 5) is 54.7. The number of esters is 4. The van der Waals surface area contributed by atoms with E-state index in [-0.39, 0.29) is 25.3 Å². The third-order valence-corrected chi connectivity index (χ3v) is 5.98. The van der Waals surface area contributed by atoms with Crippen LogP contribution in [0.1, 0.15) is 33.6 Å². The quantitative estimate of drug-likeness (QED) is 0.0714. The van der Waals surface area contributed by atoms with Crippen molar-refractivity contribution in [2.75, 3.05) is 81.3 Å². The van der Waals surface area contributed by atoms with E-state index in [0.717, 1.165) is 6.42 Å². The van der Waals surface area contributed by atoms with Crippen LogP contribution < -0.4 is 0 Å². The summed E-state index contributed by atoms with van der Waals surface area (Å²) in [5.74, 6) is -1.82. The van der Waals surface area contributed by atoms with E-state index >= 15 is 0 Å². The molecule has 0 amide bonds. The molecule has 13 nitrogen and oxygen atoms in total. The van der Waals surface area contributed by atoms with E-state index in [4.69, 9.17) is 23.7 Å². The Morgan fingerprint density at radius 2 is 0.932 bits per heavy atom. The largest absolute Gasteiger partial charge is 0.462 e. The van der Waals surface area contributed by atoms with Gasteiger partial charge in [0.25, 0.3) is 0 Å². The minimum atomic E-state index is -0.503. The molecule has 0 N–H and O–H groups in total. The number of nitrogens with zero attached hydrogens (tertiary/aromatic N) is 4. The summed E-state index contributed by atoms with van der Waals surface area (Å²) < 4.78 is 25.5. The summed E-state index contributed by atoms with van der Waals surface area (Å²) >= 11 is 0. The predicted molar refractivity (Wildman–Crippen MR) is 167 cm³/mol. The van der Waals surface area contributed by atoms with E-state index in [0.29, 0.717) is 39.2 Å². The first kappa shape index (κ1) is 40.0. The van der Waals surface area contributed by atoms with E-state index < -0.39 is 24.0 Å². The molecule has 0 spiro atoms. The third-order valence-electron chi connectivity index (χ3n) is 5.98. The maximum atomic E-state index is 12.1. The molecule has 0 aliphatic rings. The second-order valence-corrected chi connectivity index (χ2v) is 10.2. The zero-order chi connectivity index (χ0) is 33.3. The summed E-state index contributed by atoms with van der Waals surface area (Å²) in [5.41, 5.74) is 0. The van der Waals surface area contributed by atoms with Gasteiger partial charge in [-0.05, 0) is 20.3 Å². The first-order chi connectivity index (χ1) is 20.9. The van der Waals surface area contributed by atoms with Crippen LogP contribution in [-0.2, 0) is 42.9 Å². The van der Waals surface area contributed by atoms with Gasteiger partial charge >= 0.3 is 23.9 Å². The molecule has 0 aromatic heterocycles. The molecule has 2 atom stereocenters. The van der Waals surface area contributed by atoms with Crippen molar-refractivity contribution in [3.8, 4) is 0 Å². The fourth-order valence-corrected chi connectivity index (χ4v) is 2.95. The molecule has 2 unspecified atom stereocenters. The predicted octanol–water partition coefficient (Wildman–Crippen LogP) is 2.16.